The third kappa shape index (κ3) is 5.70. The van der Waals surface area contributed by atoms with Crippen molar-refractivity contribution < 1.29 is 31.1 Å². The van der Waals surface area contributed by atoms with Gasteiger partial charge in [-0.3, -0.25) is 4.79 Å². The van der Waals surface area contributed by atoms with Gasteiger partial charge >= 0.3 is 6.36 Å². The maximum Gasteiger partial charge on any atom is 0.573 e. The molecule has 1 N–H and O–H groups in total. The highest BCUT2D eigenvalue weighted by molar-refractivity contribution is 7.89. The summed E-state index contributed by atoms with van der Waals surface area (Å²) in [6.07, 6.45) is -4.81. The van der Waals surface area contributed by atoms with E-state index in [1.165, 1.54) is 25.2 Å². The van der Waals surface area contributed by atoms with Crippen molar-refractivity contribution >= 4 is 21.6 Å². The molecule has 1 amide bonds. The first-order valence-electron chi connectivity index (χ1n) is 8.08. The number of nitrogens with zero attached hydrogens (tertiary/aromatic N) is 1. The second-order valence-corrected chi connectivity index (χ2v) is 8.16. The molecule has 0 fully saturated rings. The van der Waals surface area contributed by atoms with Crippen molar-refractivity contribution in [2.45, 2.75) is 25.1 Å². The van der Waals surface area contributed by atoms with Gasteiger partial charge < -0.3 is 10.1 Å². The lowest BCUT2D eigenvalue weighted by atomic mass is 10.2. The molecule has 0 saturated heterocycles. The number of ether oxygens (including phenoxy) is 1. The lowest BCUT2D eigenvalue weighted by Crippen LogP contribution is -2.35. The van der Waals surface area contributed by atoms with Crippen molar-refractivity contribution in [3.8, 4) is 5.75 Å². The van der Waals surface area contributed by atoms with Crippen LogP contribution in [0.5, 0.6) is 5.75 Å². The van der Waals surface area contributed by atoms with Crippen molar-refractivity contribution in [2.75, 3.05) is 18.9 Å². The topological polar surface area (TPSA) is 75.7 Å². The molecule has 0 aliphatic carbocycles. The second kappa shape index (κ2) is 8.19. The molecular weight excluding hydrogens is 397 g/mol. The van der Waals surface area contributed by atoms with E-state index in [2.05, 4.69) is 10.1 Å². The normalized spacial score (nSPS) is 12.1. The molecule has 152 valence electrons. The number of hydrogen-bond acceptors (Lipinski definition) is 4. The molecule has 0 heterocycles. The van der Waals surface area contributed by atoms with Crippen molar-refractivity contribution in [1.29, 1.82) is 0 Å². The van der Waals surface area contributed by atoms with Gasteiger partial charge in [0.05, 0.1) is 11.4 Å². The zero-order valence-corrected chi connectivity index (χ0v) is 16.2. The highest BCUT2D eigenvalue weighted by atomic mass is 32.2. The molecule has 0 radical (unpaired) electrons. The SMILES string of the molecule is Cc1ccc(C)c(S(=O)(=O)N(C)CC(=O)Nc2ccc(OC(F)(F)F)cc2)c1. The summed E-state index contributed by atoms with van der Waals surface area (Å²) in [4.78, 5) is 12.2. The lowest BCUT2D eigenvalue weighted by molar-refractivity contribution is -0.274. The fourth-order valence-electron chi connectivity index (χ4n) is 2.38. The maximum atomic E-state index is 12.7. The first kappa shape index (κ1) is 21.7. The number of amides is 1. The Morgan fingerprint density at radius 3 is 2.29 bits per heavy atom. The summed E-state index contributed by atoms with van der Waals surface area (Å²) < 4.78 is 66.5. The smallest absolute Gasteiger partial charge is 0.406 e. The number of halogens is 3. The third-order valence-electron chi connectivity index (χ3n) is 3.77. The van der Waals surface area contributed by atoms with Crippen LogP contribution >= 0.6 is 0 Å². The van der Waals surface area contributed by atoms with Crippen LogP contribution in [-0.2, 0) is 14.8 Å². The Kier molecular flexibility index (Phi) is 6.35. The van der Waals surface area contributed by atoms with Gasteiger partial charge in [-0.25, -0.2) is 8.42 Å². The monoisotopic (exact) mass is 416 g/mol. The fourth-order valence-corrected chi connectivity index (χ4v) is 3.81. The Bertz CT molecular complexity index is 958. The van der Waals surface area contributed by atoms with E-state index in [-0.39, 0.29) is 10.6 Å². The van der Waals surface area contributed by atoms with Crippen LogP contribution in [0.15, 0.2) is 47.4 Å². The largest absolute Gasteiger partial charge is 0.573 e. The molecule has 0 spiro atoms. The first-order valence-corrected chi connectivity index (χ1v) is 9.52. The molecule has 0 atom stereocenters. The number of sulfonamides is 1. The third-order valence-corrected chi connectivity index (χ3v) is 5.72. The van der Waals surface area contributed by atoms with Crippen LogP contribution < -0.4 is 10.1 Å². The summed E-state index contributed by atoms with van der Waals surface area (Å²) in [7, 11) is -2.60. The van der Waals surface area contributed by atoms with E-state index in [0.29, 0.717) is 5.56 Å². The zero-order chi connectivity index (χ0) is 21.1. The van der Waals surface area contributed by atoms with E-state index < -0.39 is 34.6 Å². The van der Waals surface area contributed by atoms with Crippen molar-refractivity contribution in [1.82, 2.24) is 4.31 Å². The molecule has 0 saturated carbocycles. The molecule has 0 bridgehead atoms. The summed E-state index contributed by atoms with van der Waals surface area (Å²) in [6.45, 7) is 2.96. The molecule has 0 unspecified atom stereocenters. The number of carbonyl (C=O) groups excluding carboxylic acids is 1. The van der Waals surface area contributed by atoms with Gasteiger partial charge in [0.25, 0.3) is 0 Å². The van der Waals surface area contributed by atoms with Crippen molar-refractivity contribution in [3.05, 3.63) is 53.6 Å². The molecular formula is C18H19F3N2O4S. The number of carbonyl (C=O) groups is 1. The maximum absolute atomic E-state index is 12.7. The zero-order valence-electron chi connectivity index (χ0n) is 15.4. The van der Waals surface area contributed by atoms with E-state index in [9.17, 15) is 26.4 Å². The van der Waals surface area contributed by atoms with Crippen molar-refractivity contribution in [2.24, 2.45) is 0 Å². The summed E-state index contributed by atoms with van der Waals surface area (Å²) in [5.41, 5.74) is 1.53. The quantitative estimate of drug-likeness (QED) is 0.783. The van der Waals surface area contributed by atoms with E-state index >= 15 is 0 Å². The van der Waals surface area contributed by atoms with Crippen LogP contribution in [0.1, 0.15) is 11.1 Å². The van der Waals surface area contributed by atoms with E-state index in [4.69, 9.17) is 0 Å². The number of hydrogen-bond donors (Lipinski definition) is 1. The minimum atomic E-state index is -4.81. The molecule has 0 aliphatic rings. The standard InChI is InChI=1S/C18H19F3N2O4S/c1-12-4-5-13(2)16(10-12)28(25,26)23(3)11-17(24)22-14-6-8-15(9-7-14)27-18(19,20)21/h4-10H,11H2,1-3H3,(H,22,24). The predicted molar refractivity (Wildman–Crippen MR) is 97.5 cm³/mol. The number of aryl methyl sites for hydroxylation is 2. The highest BCUT2D eigenvalue weighted by Gasteiger charge is 2.31. The Hall–Kier alpha value is -2.59. The molecule has 28 heavy (non-hydrogen) atoms. The van der Waals surface area contributed by atoms with Gasteiger partial charge in [0.15, 0.2) is 0 Å². The Balaban J connectivity index is 2.05. The second-order valence-electron chi connectivity index (χ2n) is 6.15. The summed E-state index contributed by atoms with van der Waals surface area (Å²) in [6, 6.07) is 9.52. The molecule has 10 heteroatoms. The van der Waals surface area contributed by atoms with Crippen LogP contribution in [0.4, 0.5) is 18.9 Å². The number of likely N-dealkylation sites (N-methyl/N-ethyl adjacent to an activating group) is 1. The summed E-state index contributed by atoms with van der Waals surface area (Å²) in [5, 5.41) is 2.43. The Labute approximate surface area is 161 Å². The predicted octanol–water partition coefficient (Wildman–Crippen LogP) is 3.46. The summed E-state index contributed by atoms with van der Waals surface area (Å²) in [5.74, 6) is -1.07. The Morgan fingerprint density at radius 2 is 1.71 bits per heavy atom. The molecule has 2 rings (SSSR count). The van der Waals surface area contributed by atoms with Crippen LogP contribution in [0, 0.1) is 13.8 Å². The molecule has 0 aliphatic heterocycles. The number of benzene rings is 2. The first-order chi connectivity index (χ1) is 12.9. The van der Waals surface area contributed by atoms with Crippen LogP contribution in [-0.4, -0.2) is 38.6 Å². The number of alkyl halides is 3. The van der Waals surface area contributed by atoms with E-state index in [0.717, 1.165) is 22.0 Å². The van der Waals surface area contributed by atoms with Gasteiger partial charge in [0.1, 0.15) is 5.75 Å². The van der Waals surface area contributed by atoms with Gasteiger partial charge in [-0.05, 0) is 55.3 Å². The van der Waals surface area contributed by atoms with Gasteiger partial charge in [0.2, 0.25) is 15.9 Å². The average molecular weight is 416 g/mol. The minimum absolute atomic E-state index is 0.108. The van der Waals surface area contributed by atoms with Crippen LogP contribution in [0.25, 0.3) is 0 Å². The molecule has 0 aromatic heterocycles. The fraction of sp³-hybridized carbons (Fsp3) is 0.278. The number of rotatable bonds is 6. The number of anilines is 1. The summed E-state index contributed by atoms with van der Waals surface area (Å²) >= 11 is 0. The molecule has 2 aromatic carbocycles. The van der Waals surface area contributed by atoms with Gasteiger partial charge in [-0.15, -0.1) is 13.2 Å². The van der Waals surface area contributed by atoms with Gasteiger partial charge in [-0.1, -0.05) is 12.1 Å². The highest BCUT2D eigenvalue weighted by Crippen LogP contribution is 2.24. The lowest BCUT2D eigenvalue weighted by Gasteiger charge is -2.18. The van der Waals surface area contributed by atoms with Crippen LogP contribution in [0.3, 0.4) is 0 Å². The van der Waals surface area contributed by atoms with Gasteiger partial charge in [0, 0.05) is 12.7 Å². The number of nitrogens with one attached hydrogen (secondary N) is 1. The minimum Gasteiger partial charge on any atom is -0.406 e. The van der Waals surface area contributed by atoms with Crippen LogP contribution in [0.2, 0.25) is 0 Å². The average Bonchev–Trinajstić information content (AvgIpc) is 2.57. The van der Waals surface area contributed by atoms with Crippen molar-refractivity contribution in [3.63, 3.8) is 0 Å². The van der Waals surface area contributed by atoms with E-state index in [1.54, 1.807) is 26.0 Å². The molecule has 6 nitrogen and oxygen atoms in total. The van der Waals surface area contributed by atoms with E-state index in [1.807, 2.05) is 0 Å². The molecule has 2 aromatic rings. The van der Waals surface area contributed by atoms with Gasteiger partial charge in [-0.2, -0.15) is 4.31 Å². The Morgan fingerprint density at radius 1 is 1.11 bits per heavy atom.